The van der Waals surface area contributed by atoms with Crippen molar-refractivity contribution in [3.8, 4) is 0 Å². The van der Waals surface area contributed by atoms with Crippen molar-refractivity contribution in [3.63, 3.8) is 0 Å². The Hall–Kier alpha value is -1.50. The van der Waals surface area contributed by atoms with Gasteiger partial charge in [0.05, 0.1) is 15.6 Å². The molecule has 1 aromatic rings. The Bertz CT molecular complexity index is 800. The van der Waals surface area contributed by atoms with E-state index in [1.54, 1.807) is 22.7 Å². The van der Waals surface area contributed by atoms with Gasteiger partial charge in [-0.2, -0.15) is 0 Å². The number of thioether (sulfide) groups is 2. The number of rotatable bonds is 8. The summed E-state index contributed by atoms with van der Waals surface area (Å²) in [6.07, 6.45) is 10.6. The third kappa shape index (κ3) is 4.68. The van der Waals surface area contributed by atoms with Crippen LogP contribution in [0.5, 0.6) is 0 Å². The second kappa shape index (κ2) is 9.62. The number of allylic oxidation sites excluding steroid dienone is 2. The lowest BCUT2D eigenvalue weighted by molar-refractivity contribution is -0.121. The van der Waals surface area contributed by atoms with E-state index >= 15 is 0 Å². The molecule has 0 N–H and O–H groups in total. The third-order valence-corrected chi connectivity index (χ3v) is 6.96. The van der Waals surface area contributed by atoms with Gasteiger partial charge in [-0.1, -0.05) is 80.1 Å². The van der Waals surface area contributed by atoms with Crippen molar-refractivity contribution in [3.05, 3.63) is 59.0 Å². The maximum Gasteiger partial charge on any atom is 0.266 e. The SMILES string of the molecule is C=CCN1C(=O)C(=CC=C2Sc3ccccc3N2CCCCCC)SC1=S. The second-order valence-electron chi connectivity index (χ2n) is 6.39. The fourth-order valence-corrected chi connectivity index (χ4v) is 5.36. The standard InChI is InChI=1S/C21H24N2OS3/c1-3-5-6-9-15-22-16-10-7-8-11-17(16)26-19(22)13-12-18-20(24)23(14-4-2)21(25)27-18/h4,7-8,10-13H,2-3,5-6,9,14-15H2,1H3. The summed E-state index contributed by atoms with van der Waals surface area (Å²) >= 11 is 8.44. The Balaban J connectivity index is 1.78. The molecule has 1 aromatic carbocycles. The molecular weight excluding hydrogens is 392 g/mol. The molecule has 0 atom stereocenters. The van der Waals surface area contributed by atoms with Crippen LogP contribution in [0.15, 0.2) is 63.9 Å². The molecule has 1 saturated heterocycles. The topological polar surface area (TPSA) is 23.6 Å². The maximum atomic E-state index is 12.5. The Morgan fingerprint density at radius 1 is 1.11 bits per heavy atom. The van der Waals surface area contributed by atoms with Gasteiger partial charge in [0.25, 0.3) is 5.91 Å². The molecule has 27 heavy (non-hydrogen) atoms. The first-order valence-electron chi connectivity index (χ1n) is 9.26. The molecule has 2 heterocycles. The van der Waals surface area contributed by atoms with Crippen LogP contribution in [0.4, 0.5) is 5.69 Å². The summed E-state index contributed by atoms with van der Waals surface area (Å²) in [5, 5.41) is 1.17. The molecule has 3 rings (SSSR count). The summed E-state index contributed by atoms with van der Waals surface area (Å²) in [7, 11) is 0. The number of benzene rings is 1. The van der Waals surface area contributed by atoms with Crippen molar-refractivity contribution in [1.29, 1.82) is 0 Å². The van der Waals surface area contributed by atoms with Crippen LogP contribution in [-0.2, 0) is 4.79 Å². The van der Waals surface area contributed by atoms with Crippen molar-refractivity contribution in [2.75, 3.05) is 18.0 Å². The van der Waals surface area contributed by atoms with E-state index < -0.39 is 0 Å². The minimum atomic E-state index is -0.0308. The number of fused-ring (bicyclic) bond motifs is 1. The van der Waals surface area contributed by atoms with Crippen LogP contribution < -0.4 is 4.90 Å². The van der Waals surface area contributed by atoms with Gasteiger partial charge in [-0.3, -0.25) is 9.69 Å². The molecule has 0 bridgehead atoms. The Morgan fingerprint density at radius 2 is 1.93 bits per heavy atom. The lowest BCUT2D eigenvalue weighted by atomic mass is 10.2. The van der Waals surface area contributed by atoms with Gasteiger partial charge < -0.3 is 4.90 Å². The first-order valence-corrected chi connectivity index (χ1v) is 11.3. The molecule has 0 aliphatic carbocycles. The van der Waals surface area contributed by atoms with E-state index in [0.717, 1.165) is 6.54 Å². The number of anilines is 1. The predicted molar refractivity (Wildman–Crippen MR) is 122 cm³/mol. The van der Waals surface area contributed by atoms with Crippen LogP contribution in [0, 0.1) is 0 Å². The molecule has 2 aliphatic heterocycles. The maximum absolute atomic E-state index is 12.5. The fourth-order valence-electron chi connectivity index (χ4n) is 3.05. The van der Waals surface area contributed by atoms with Crippen LogP contribution in [0.2, 0.25) is 0 Å². The minimum absolute atomic E-state index is 0.0308. The summed E-state index contributed by atoms with van der Waals surface area (Å²) < 4.78 is 0.600. The summed E-state index contributed by atoms with van der Waals surface area (Å²) in [5.74, 6) is -0.0308. The molecule has 0 radical (unpaired) electrons. The van der Waals surface area contributed by atoms with Gasteiger partial charge in [0.2, 0.25) is 0 Å². The smallest absolute Gasteiger partial charge is 0.266 e. The summed E-state index contributed by atoms with van der Waals surface area (Å²) in [6, 6.07) is 8.49. The van der Waals surface area contributed by atoms with E-state index in [0.29, 0.717) is 15.8 Å². The Labute approximate surface area is 175 Å². The number of nitrogens with zero attached hydrogens (tertiary/aromatic N) is 2. The molecule has 0 aromatic heterocycles. The van der Waals surface area contributed by atoms with Gasteiger partial charge in [-0.15, -0.1) is 6.58 Å². The predicted octanol–water partition coefficient (Wildman–Crippen LogP) is 5.95. The number of carbonyl (C=O) groups excluding carboxylic acids is 1. The van der Waals surface area contributed by atoms with E-state index in [-0.39, 0.29) is 5.91 Å². The van der Waals surface area contributed by atoms with E-state index in [2.05, 4.69) is 48.7 Å². The number of para-hydroxylation sites is 1. The van der Waals surface area contributed by atoms with E-state index in [1.165, 1.54) is 53.1 Å². The van der Waals surface area contributed by atoms with Crippen molar-refractivity contribution in [2.24, 2.45) is 0 Å². The molecule has 1 amide bonds. The molecule has 2 aliphatic rings. The highest BCUT2D eigenvalue weighted by atomic mass is 32.2. The first kappa shape index (κ1) is 20.2. The highest BCUT2D eigenvalue weighted by Crippen LogP contribution is 2.46. The van der Waals surface area contributed by atoms with Gasteiger partial charge in [-0.25, -0.2) is 0 Å². The van der Waals surface area contributed by atoms with Crippen LogP contribution in [0.3, 0.4) is 0 Å². The van der Waals surface area contributed by atoms with Crippen molar-refractivity contribution in [1.82, 2.24) is 4.90 Å². The van der Waals surface area contributed by atoms with Crippen LogP contribution in [-0.4, -0.2) is 28.2 Å². The van der Waals surface area contributed by atoms with Gasteiger partial charge >= 0.3 is 0 Å². The molecule has 1 fully saturated rings. The van der Waals surface area contributed by atoms with Gasteiger partial charge in [0.1, 0.15) is 4.32 Å². The van der Waals surface area contributed by atoms with Crippen LogP contribution >= 0.6 is 35.7 Å². The average molecular weight is 417 g/mol. The Kier molecular flexibility index (Phi) is 7.21. The lowest BCUT2D eigenvalue weighted by Crippen LogP contribution is -2.27. The van der Waals surface area contributed by atoms with Gasteiger partial charge in [-0.05, 0) is 30.7 Å². The van der Waals surface area contributed by atoms with E-state index in [9.17, 15) is 4.79 Å². The van der Waals surface area contributed by atoms with Crippen LogP contribution in [0.25, 0.3) is 0 Å². The first-order chi connectivity index (χ1) is 13.2. The Morgan fingerprint density at radius 3 is 2.70 bits per heavy atom. The van der Waals surface area contributed by atoms with E-state index in [1.807, 2.05) is 6.08 Å². The average Bonchev–Trinajstić information content (AvgIpc) is 3.15. The van der Waals surface area contributed by atoms with Gasteiger partial charge in [0, 0.05) is 18.0 Å². The van der Waals surface area contributed by atoms with Crippen molar-refractivity contribution < 1.29 is 4.79 Å². The second-order valence-corrected chi connectivity index (χ2v) is 9.13. The highest BCUT2D eigenvalue weighted by Gasteiger charge is 2.31. The van der Waals surface area contributed by atoms with Gasteiger partial charge in [0.15, 0.2) is 0 Å². The summed E-state index contributed by atoms with van der Waals surface area (Å²) in [6.45, 7) is 7.39. The zero-order chi connectivity index (χ0) is 19.2. The molecule has 0 unspecified atom stereocenters. The summed E-state index contributed by atoms with van der Waals surface area (Å²) in [5.41, 5.74) is 1.26. The number of thiocarbonyl (C=S) groups is 1. The largest absolute Gasteiger partial charge is 0.335 e. The normalized spacial score (nSPS) is 19.4. The third-order valence-electron chi connectivity index (χ3n) is 4.43. The quantitative estimate of drug-likeness (QED) is 0.225. The van der Waals surface area contributed by atoms with Crippen molar-refractivity contribution in [2.45, 2.75) is 37.5 Å². The lowest BCUT2D eigenvalue weighted by Gasteiger charge is -2.20. The molecule has 0 spiro atoms. The number of hydrogen-bond donors (Lipinski definition) is 0. The number of hydrogen-bond acceptors (Lipinski definition) is 5. The fraction of sp³-hybridized carbons (Fsp3) is 0.333. The van der Waals surface area contributed by atoms with E-state index in [4.69, 9.17) is 12.2 Å². The summed E-state index contributed by atoms with van der Waals surface area (Å²) in [4.78, 5) is 18.4. The number of amides is 1. The zero-order valence-corrected chi connectivity index (χ0v) is 18.0. The monoisotopic (exact) mass is 416 g/mol. The zero-order valence-electron chi connectivity index (χ0n) is 15.5. The van der Waals surface area contributed by atoms with Crippen molar-refractivity contribution >= 4 is 51.7 Å². The molecule has 0 saturated carbocycles. The molecular formula is C21H24N2OS3. The molecule has 3 nitrogen and oxygen atoms in total. The molecule has 6 heteroatoms. The number of carbonyl (C=O) groups is 1. The highest BCUT2D eigenvalue weighted by molar-refractivity contribution is 8.26. The number of unbranched alkanes of at least 4 members (excludes halogenated alkanes) is 3. The minimum Gasteiger partial charge on any atom is -0.335 e. The van der Waals surface area contributed by atoms with Crippen LogP contribution in [0.1, 0.15) is 32.6 Å². The molecule has 142 valence electrons.